The summed E-state index contributed by atoms with van der Waals surface area (Å²) in [5, 5.41) is 0. The molecular weight excluding hydrogens is 276 g/mol. The van der Waals surface area contributed by atoms with E-state index >= 15 is 0 Å². The van der Waals surface area contributed by atoms with Crippen molar-refractivity contribution in [3.63, 3.8) is 0 Å². The number of morpholine rings is 1. The van der Waals surface area contributed by atoms with Gasteiger partial charge in [0.15, 0.2) is 5.96 Å². The summed E-state index contributed by atoms with van der Waals surface area (Å²) in [5.41, 5.74) is 9.24. The molecule has 0 bridgehead atoms. The number of aliphatic imine (C=N–C) groups is 1. The molecule has 5 nitrogen and oxygen atoms in total. The van der Waals surface area contributed by atoms with Crippen LogP contribution in [0.3, 0.4) is 0 Å². The summed E-state index contributed by atoms with van der Waals surface area (Å²) in [5.74, 6) is 0.589. The van der Waals surface area contributed by atoms with Crippen LogP contribution in [0.2, 0.25) is 0 Å². The van der Waals surface area contributed by atoms with Crippen molar-refractivity contribution in [3.8, 4) is 11.3 Å². The Morgan fingerprint density at radius 2 is 2.05 bits per heavy atom. The lowest BCUT2D eigenvalue weighted by atomic mass is 10.1. The van der Waals surface area contributed by atoms with E-state index in [0.717, 1.165) is 29.9 Å². The monoisotopic (exact) mass is 296 g/mol. The van der Waals surface area contributed by atoms with Crippen LogP contribution in [0.15, 0.2) is 53.7 Å². The van der Waals surface area contributed by atoms with Crippen LogP contribution in [0.25, 0.3) is 11.3 Å². The fourth-order valence-corrected chi connectivity index (χ4v) is 2.43. The third kappa shape index (κ3) is 3.62. The second-order valence-electron chi connectivity index (χ2n) is 5.19. The predicted molar refractivity (Wildman–Crippen MR) is 87.4 cm³/mol. The van der Waals surface area contributed by atoms with E-state index in [-0.39, 0.29) is 0 Å². The molecule has 2 heterocycles. The lowest BCUT2D eigenvalue weighted by molar-refractivity contribution is 0.0674. The lowest BCUT2D eigenvalue weighted by Gasteiger charge is -2.27. The Hall–Kier alpha value is -2.40. The minimum absolute atomic E-state index is 0.573. The van der Waals surface area contributed by atoms with Crippen LogP contribution < -0.4 is 5.73 Å². The summed E-state index contributed by atoms with van der Waals surface area (Å²) < 4.78 is 5.32. The van der Waals surface area contributed by atoms with Crippen LogP contribution in [0.5, 0.6) is 0 Å². The Kier molecular flexibility index (Phi) is 4.65. The average Bonchev–Trinajstić information content (AvgIpc) is 2.61. The highest BCUT2D eigenvalue weighted by Crippen LogP contribution is 2.18. The van der Waals surface area contributed by atoms with Gasteiger partial charge in [-0.2, -0.15) is 0 Å². The number of ether oxygens (including phenoxy) is 1. The fourth-order valence-electron chi connectivity index (χ4n) is 2.43. The van der Waals surface area contributed by atoms with E-state index < -0.39 is 0 Å². The summed E-state index contributed by atoms with van der Waals surface area (Å²) in [4.78, 5) is 10.9. The first kappa shape index (κ1) is 14.5. The summed E-state index contributed by atoms with van der Waals surface area (Å²) in [6.07, 6.45) is 1.80. The summed E-state index contributed by atoms with van der Waals surface area (Å²) >= 11 is 0. The maximum atomic E-state index is 6.05. The predicted octanol–water partition coefficient (Wildman–Crippen LogP) is 1.90. The minimum atomic E-state index is 0.573. The molecule has 2 aromatic rings. The highest BCUT2D eigenvalue weighted by molar-refractivity contribution is 5.78. The molecule has 1 aliphatic rings. The molecule has 0 saturated carbocycles. The van der Waals surface area contributed by atoms with Gasteiger partial charge in [0.2, 0.25) is 0 Å². The third-order valence-electron chi connectivity index (χ3n) is 3.65. The van der Waals surface area contributed by atoms with E-state index in [0.29, 0.717) is 25.7 Å². The van der Waals surface area contributed by atoms with E-state index in [1.165, 1.54) is 0 Å². The van der Waals surface area contributed by atoms with Crippen molar-refractivity contribution in [3.05, 3.63) is 54.2 Å². The highest BCUT2D eigenvalue weighted by Gasteiger charge is 2.11. The number of guanidine groups is 1. The number of benzene rings is 1. The van der Waals surface area contributed by atoms with Gasteiger partial charge in [0, 0.05) is 24.8 Å². The van der Waals surface area contributed by atoms with Crippen molar-refractivity contribution in [1.82, 2.24) is 9.88 Å². The largest absolute Gasteiger partial charge is 0.378 e. The quantitative estimate of drug-likeness (QED) is 0.694. The number of aromatic nitrogens is 1. The van der Waals surface area contributed by atoms with E-state index in [9.17, 15) is 0 Å². The molecule has 22 heavy (non-hydrogen) atoms. The van der Waals surface area contributed by atoms with E-state index in [2.05, 4.69) is 33.1 Å². The summed E-state index contributed by atoms with van der Waals surface area (Å²) in [6.45, 7) is 3.62. The van der Waals surface area contributed by atoms with Gasteiger partial charge in [-0.25, -0.2) is 4.99 Å². The maximum absolute atomic E-state index is 6.05. The van der Waals surface area contributed by atoms with Gasteiger partial charge in [0.1, 0.15) is 0 Å². The molecular formula is C17H20N4O. The first-order valence-electron chi connectivity index (χ1n) is 7.46. The van der Waals surface area contributed by atoms with Crippen molar-refractivity contribution in [2.75, 3.05) is 26.3 Å². The number of hydrogen-bond acceptors (Lipinski definition) is 3. The molecule has 0 atom stereocenters. The van der Waals surface area contributed by atoms with E-state index in [4.69, 9.17) is 10.5 Å². The Morgan fingerprint density at radius 3 is 2.82 bits per heavy atom. The van der Waals surface area contributed by atoms with Gasteiger partial charge in [-0.1, -0.05) is 24.3 Å². The molecule has 0 radical (unpaired) electrons. The number of pyridine rings is 1. The number of nitrogens with zero attached hydrogens (tertiary/aromatic N) is 3. The Balaban J connectivity index is 1.70. The molecule has 5 heteroatoms. The first-order chi connectivity index (χ1) is 10.8. The zero-order chi connectivity index (χ0) is 15.2. The molecule has 1 saturated heterocycles. The Morgan fingerprint density at radius 1 is 1.18 bits per heavy atom. The third-order valence-corrected chi connectivity index (χ3v) is 3.65. The molecule has 0 unspecified atom stereocenters. The molecule has 2 N–H and O–H groups in total. The van der Waals surface area contributed by atoms with Gasteiger partial charge in [-0.3, -0.25) is 4.98 Å². The van der Waals surface area contributed by atoms with Crippen molar-refractivity contribution >= 4 is 5.96 Å². The first-order valence-corrected chi connectivity index (χ1v) is 7.46. The van der Waals surface area contributed by atoms with Crippen molar-refractivity contribution in [1.29, 1.82) is 0 Å². The molecule has 0 amide bonds. The van der Waals surface area contributed by atoms with Gasteiger partial charge in [-0.05, 0) is 23.8 Å². The van der Waals surface area contributed by atoms with Gasteiger partial charge in [0.05, 0.1) is 25.5 Å². The fraction of sp³-hybridized carbons (Fsp3) is 0.294. The summed E-state index contributed by atoms with van der Waals surface area (Å²) in [6, 6.07) is 14.2. The van der Waals surface area contributed by atoms with Crippen LogP contribution in [0.1, 0.15) is 5.56 Å². The van der Waals surface area contributed by atoms with Crippen molar-refractivity contribution in [2.45, 2.75) is 6.54 Å². The minimum Gasteiger partial charge on any atom is -0.378 e. The molecule has 1 fully saturated rings. The lowest BCUT2D eigenvalue weighted by Crippen LogP contribution is -2.44. The van der Waals surface area contributed by atoms with Gasteiger partial charge < -0.3 is 15.4 Å². The van der Waals surface area contributed by atoms with Gasteiger partial charge >= 0.3 is 0 Å². The van der Waals surface area contributed by atoms with Crippen LogP contribution in [-0.2, 0) is 11.3 Å². The van der Waals surface area contributed by atoms with Crippen molar-refractivity contribution in [2.24, 2.45) is 10.7 Å². The van der Waals surface area contributed by atoms with Crippen LogP contribution in [-0.4, -0.2) is 42.1 Å². The average molecular weight is 296 g/mol. The van der Waals surface area contributed by atoms with Crippen LogP contribution in [0.4, 0.5) is 0 Å². The van der Waals surface area contributed by atoms with E-state index in [1.807, 2.05) is 24.3 Å². The molecule has 1 aliphatic heterocycles. The van der Waals surface area contributed by atoms with E-state index in [1.54, 1.807) is 6.20 Å². The number of hydrogen-bond donors (Lipinski definition) is 1. The molecule has 1 aromatic carbocycles. The SMILES string of the molecule is NC(=NCc1cccc(-c2ccccn2)c1)N1CCOCC1. The van der Waals surface area contributed by atoms with Crippen molar-refractivity contribution < 1.29 is 4.74 Å². The zero-order valence-electron chi connectivity index (χ0n) is 12.5. The Bertz CT molecular complexity index is 636. The molecule has 3 rings (SSSR count). The number of nitrogens with two attached hydrogens (primary N) is 1. The summed E-state index contributed by atoms with van der Waals surface area (Å²) in [7, 11) is 0. The van der Waals surface area contributed by atoms with Gasteiger partial charge in [0.25, 0.3) is 0 Å². The smallest absolute Gasteiger partial charge is 0.191 e. The zero-order valence-corrected chi connectivity index (χ0v) is 12.5. The second kappa shape index (κ2) is 7.04. The molecule has 0 aliphatic carbocycles. The highest BCUT2D eigenvalue weighted by atomic mass is 16.5. The molecule has 1 aromatic heterocycles. The molecule has 114 valence electrons. The van der Waals surface area contributed by atoms with Crippen LogP contribution >= 0.6 is 0 Å². The van der Waals surface area contributed by atoms with Crippen LogP contribution in [0, 0.1) is 0 Å². The van der Waals surface area contributed by atoms with Gasteiger partial charge in [-0.15, -0.1) is 0 Å². The topological polar surface area (TPSA) is 63.7 Å². The second-order valence-corrected chi connectivity index (χ2v) is 5.19. The number of rotatable bonds is 3. The Labute approximate surface area is 130 Å². The molecule has 0 spiro atoms. The normalized spacial score (nSPS) is 15.8. The standard InChI is InChI=1S/C17H20N4O/c18-17(21-8-10-22-11-9-21)20-13-14-4-3-5-15(12-14)16-6-1-2-7-19-16/h1-7,12H,8-11,13H2,(H2,18,20). The maximum Gasteiger partial charge on any atom is 0.191 e.